The van der Waals surface area contributed by atoms with Crippen molar-refractivity contribution >= 4 is 33.2 Å². The highest BCUT2D eigenvalue weighted by Gasteiger charge is 2.30. The summed E-state index contributed by atoms with van der Waals surface area (Å²) < 4.78 is 0.865. The summed E-state index contributed by atoms with van der Waals surface area (Å²) in [7, 11) is 0. The molecule has 0 bridgehead atoms. The van der Waals surface area contributed by atoms with Crippen LogP contribution in [0.1, 0.15) is 37.7 Å². The number of rotatable bonds is 3. The average molecular weight is 283 g/mol. The van der Waals surface area contributed by atoms with Gasteiger partial charge in [-0.05, 0) is 40.0 Å². The summed E-state index contributed by atoms with van der Waals surface area (Å²) in [6.45, 7) is 2.13. The number of halogens is 1. The van der Waals surface area contributed by atoms with Crippen LogP contribution >= 0.6 is 15.9 Å². The van der Waals surface area contributed by atoms with E-state index in [0.717, 1.165) is 35.0 Å². The summed E-state index contributed by atoms with van der Waals surface area (Å²) in [5.41, 5.74) is 8.38. The third-order valence-electron chi connectivity index (χ3n) is 2.96. The molecule has 3 N–H and O–H groups in total. The Labute approximate surface area is 104 Å². The Bertz CT molecular complexity index is 431. The SMILES string of the molecule is CCCCC1C(=O)Nc2cc(N)c(Br)cc21. The van der Waals surface area contributed by atoms with Crippen molar-refractivity contribution in [3.63, 3.8) is 0 Å². The van der Waals surface area contributed by atoms with Gasteiger partial charge in [0.05, 0.1) is 5.92 Å². The van der Waals surface area contributed by atoms with Crippen molar-refractivity contribution in [3.8, 4) is 0 Å². The highest BCUT2D eigenvalue weighted by atomic mass is 79.9. The second kappa shape index (κ2) is 4.45. The maximum Gasteiger partial charge on any atom is 0.232 e. The van der Waals surface area contributed by atoms with Crippen LogP contribution in [0.25, 0.3) is 0 Å². The number of nitrogen functional groups attached to an aromatic ring is 1. The Kier molecular flexibility index (Phi) is 3.19. The molecule has 0 aromatic heterocycles. The lowest BCUT2D eigenvalue weighted by Crippen LogP contribution is -2.11. The summed E-state index contributed by atoms with van der Waals surface area (Å²) >= 11 is 3.40. The molecule has 1 heterocycles. The fraction of sp³-hybridized carbons (Fsp3) is 0.417. The molecule has 0 saturated carbocycles. The zero-order valence-electron chi connectivity index (χ0n) is 9.22. The minimum absolute atomic E-state index is 0.00755. The number of amides is 1. The van der Waals surface area contributed by atoms with E-state index in [9.17, 15) is 4.79 Å². The monoisotopic (exact) mass is 282 g/mol. The van der Waals surface area contributed by atoms with Crippen LogP contribution < -0.4 is 11.1 Å². The molecule has 0 aliphatic carbocycles. The zero-order chi connectivity index (χ0) is 11.7. The van der Waals surface area contributed by atoms with E-state index in [-0.39, 0.29) is 11.8 Å². The van der Waals surface area contributed by atoms with Crippen molar-refractivity contribution in [3.05, 3.63) is 22.2 Å². The second-order valence-electron chi connectivity index (χ2n) is 4.15. The minimum Gasteiger partial charge on any atom is -0.398 e. The molecule has 2 rings (SSSR count). The molecule has 16 heavy (non-hydrogen) atoms. The Morgan fingerprint density at radius 1 is 1.50 bits per heavy atom. The summed E-state index contributed by atoms with van der Waals surface area (Å²) in [5.74, 6) is 0.0906. The van der Waals surface area contributed by atoms with Crippen LogP contribution in [0.4, 0.5) is 11.4 Å². The minimum atomic E-state index is -0.00755. The number of nitrogens with two attached hydrogens (primary N) is 1. The molecule has 1 aliphatic heterocycles. The highest BCUT2D eigenvalue weighted by molar-refractivity contribution is 9.10. The van der Waals surface area contributed by atoms with Crippen LogP contribution in [0.5, 0.6) is 0 Å². The summed E-state index contributed by atoms with van der Waals surface area (Å²) in [6.07, 6.45) is 3.08. The molecule has 4 heteroatoms. The van der Waals surface area contributed by atoms with Gasteiger partial charge in [0.25, 0.3) is 0 Å². The Hall–Kier alpha value is -1.03. The number of hydrogen-bond acceptors (Lipinski definition) is 2. The first-order valence-corrected chi connectivity index (χ1v) is 6.32. The lowest BCUT2D eigenvalue weighted by atomic mass is 9.95. The van der Waals surface area contributed by atoms with Gasteiger partial charge in [-0.2, -0.15) is 0 Å². The fourth-order valence-corrected chi connectivity index (χ4v) is 2.42. The van der Waals surface area contributed by atoms with Crippen LogP contribution in [-0.4, -0.2) is 5.91 Å². The molecule has 1 amide bonds. The number of nitrogens with one attached hydrogen (secondary N) is 1. The normalized spacial score (nSPS) is 18.4. The molecule has 1 unspecified atom stereocenters. The van der Waals surface area contributed by atoms with Crippen molar-refractivity contribution in [2.24, 2.45) is 0 Å². The van der Waals surface area contributed by atoms with E-state index in [1.807, 2.05) is 12.1 Å². The number of unbranched alkanes of at least 4 members (excludes halogenated alkanes) is 1. The quantitative estimate of drug-likeness (QED) is 0.836. The molecule has 1 aliphatic rings. The number of benzene rings is 1. The predicted molar refractivity (Wildman–Crippen MR) is 69.5 cm³/mol. The lowest BCUT2D eigenvalue weighted by molar-refractivity contribution is -0.117. The molecule has 1 aromatic carbocycles. The van der Waals surface area contributed by atoms with Crippen LogP contribution in [0.2, 0.25) is 0 Å². The van der Waals surface area contributed by atoms with Crippen molar-refractivity contribution in [2.45, 2.75) is 32.1 Å². The zero-order valence-corrected chi connectivity index (χ0v) is 10.8. The maximum atomic E-state index is 11.8. The fourth-order valence-electron chi connectivity index (χ4n) is 2.06. The van der Waals surface area contributed by atoms with Gasteiger partial charge in [0.2, 0.25) is 5.91 Å². The first-order valence-electron chi connectivity index (χ1n) is 5.53. The predicted octanol–water partition coefficient (Wildman–Crippen LogP) is 3.26. The first kappa shape index (κ1) is 11.5. The van der Waals surface area contributed by atoms with Gasteiger partial charge < -0.3 is 11.1 Å². The summed E-state index contributed by atoms with van der Waals surface area (Å²) in [5, 5.41) is 2.88. The number of hydrogen-bond donors (Lipinski definition) is 2. The van der Waals surface area contributed by atoms with E-state index in [1.54, 1.807) is 0 Å². The number of anilines is 2. The highest BCUT2D eigenvalue weighted by Crippen LogP contribution is 2.39. The van der Waals surface area contributed by atoms with E-state index in [2.05, 4.69) is 28.2 Å². The number of carbonyl (C=O) groups excluding carboxylic acids is 1. The van der Waals surface area contributed by atoms with Crippen molar-refractivity contribution in [1.82, 2.24) is 0 Å². The molecular formula is C12H15BrN2O. The van der Waals surface area contributed by atoms with Gasteiger partial charge in [-0.3, -0.25) is 4.79 Å². The standard InChI is InChI=1S/C12H15BrN2O/c1-2-3-4-7-8-5-9(13)10(14)6-11(8)15-12(7)16/h5-7H,2-4,14H2,1H3,(H,15,16). The average Bonchev–Trinajstić information content (AvgIpc) is 2.52. The van der Waals surface area contributed by atoms with E-state index in [4.69, 9.17) is 5.73 Å². The smallest absolute Gasteiger partial charge is 0.232 e. The van der Waals surface area contributed by atoms with Gasteiger partial charge in [0, 0.05) is 15.8 Å². The van der Waals surface area contributed by atoms with Gasteiger partial charge in [-0.15, -0.1) is 0 Å². The Morgan fingerprint density at radius 3 is 2.94 bits per heavy atom. The van der Waals surface area contributed by atoms with Gasteiger partial charge in [-0.1, -0.05) is 19.8 Å². The van der Waals surface area contributed by atoms with Crippen LogP contribution in [0.15, 0.2) is 16.6 Å². The maximum absolute atomic E-state index is 11.8. The molecule has 1 atom stereocenters. The van der Waals surface area contributed by atoms with E-state index in [1.165, 1.54) is 0 Å². The number of fused-ring (bicyclic) bond motifs is 1. The summed E-state index contributed by atoms with van der Waals surface area (Å²) in [4.78, 5) is 11.8. The molecule has 0 spiro atoms. The van der Waals surface area contributed by atoms with E-state index >= 15 is 0 Å². The number of carbonyl (C=O) groups is 1. The van der Waals surface area contributed by atoms with Crippen molar-refractivity contribution < 1.29 is 4.79 Å². The van der Waals surface area contributed by atoms with Crippen molar-refractivity contribution in [2.75, 3.05) is 11.1 Å². The van der Waals surface area contributed by atoms with Crippen molar-refractivity contribution in [1.29, 1.82) is 0 Å². The van der Waals surface area contributed by atoms with E-state index in [0.29, 0.717) is 5.69 Å². The molecular weight excluding hydrogens is 268 g/mol. The molecule has 0 saturated heterocycles. The van der Waals surface area contributed by atoms with Gasteiger partial charge >= 0.3 is 0 Å². The Morgan fingerprint density at radius 2 is 2.25 bits per heavy atom. The van der Waals surface area contributed by atoms with Crippen LogP contribution in [0.3, 0.4) is 0 Å². The lowest BCUT2D eigenvalue weighted by Gasteiger charge is -2.08. The summed E-state index contributed by atoms with van der Waals surface area (Å²) in [6, 6.07) is 3.78. The van der Waals surface area contributed by atoms with Crippen LogP contribution in [-0.2, 0) is 4.79 Å². The molecule has 86 valence electrons. The van der Waals surface area contributed by atoms with Gasteiger partial charge in [-0.25, -0.2) is 0 Å². The Balaban J connectivity index is 2.33. The molecule has 0 fully saturated rings. The molecule has 1 aromatic rings. The third-order valence-corrected chi connectivity index (χ3v) is 3.65. The topological polar surface area (TPSA) is 55.1 Å². The largest absolute Gasteiger partial charge is 0.398 e. The second-order valence-corrected chi connectivity index (χ2v) is 5.00. The van der Waals surface area contributed by atoms with Gasteiger partial charge in [0.1, 0.15) is 0 Å². The third kappa shape index (κ3) is 1.94. The first-order chi connectivity index (χ1) is 7.63. The van der Waals surface area contributed by atoms with Crippen LogP contribution in [0, 0.1) is 0 Å². The van der Waals surface area contributed by atoms with E-state index < -0.39 is 0 Å². The molecule has 0 radical (unpaired) electrons. The molecule has 3 nitrogen and oxygen atoms in total. The van der Waals surface area contributed by atoms with Gasteiger partial charge in [0.15, 0.2) is 0 Å².